The molecule has 1 atom stereocenters. The third-order valence-corrected chi connectivity index (χ3v) is 4.55. The van der Waals surface area contributed by atoms with Crippen LogP contribution in [0.15, 0.2) is 24.4 Å². The molecule has 0 aromatic carbocycles. The van der Waals surface area contributed by atoms with Crippen molar-refractivity contribution < 1.29 is 9.53 Å². The number of ether oxygens (including phenoxy) is 1. The lowest BCUT2D eigenvalue weighted by atomic mass is 10.2. The molecule has 1 amide bonds. The van der Waals surface area contributed by atoms with Crippen molar-refractivity contribution in [3.05, 3.63) is 30.1 Å². The predicted octanol–water partition coefficient (Wildman–Crippen LogP) is 1.79. The van der Waals surface area contributed by atoms with Gasteiger partial charge in [-0.25, -0.2) is 0 Å². The van der Waals surface area contributed by atoms with Crippen LogP contribution < -0.4 is 5.32 Å². The van der Waals surface area contributed by atoms with Crippen molar-refractivity contribution in [3.8, 4) is 0 Å². The van der Waals surface area contributed by atoms with Gasteiger partial charge in [0.15, 0.2) is 0 Å². The van der Waals surface area contributed by atoms with Crippen LogP contribution in [0.3, 0.4) is 0 Å². The molecule has 0 spiro atoms. The zero-order valence-electron chi connectivity index (χ0n) is 14.0. The third-order valence-electron chi connectivity index (χ3n) is 3.58. The van der Waals surface area contributed by atoms with Gasteiger partial charge in [-0.2, -0.15) is 0 Å². The van der Waals surface area contributed by atoms with Crippen LogP contribution >= 0.6 is 11.8 Å². The smallest absolute Gasteiger partial charge is 0.230 e. The van der Waals surface area contributed by atoms with Gasteiger partial charge in [0.1, 0.15) is 0 Å². The minimum Gasteiger partial charge on any atom is -0.374 e. The minimum atomic E-state index is 0.0653. The molecule has 0 aliphatic carbocycles. The van der Waals surface area contributed by atoms with Gasteiger partial charge in [0.25, 0.3) is 0 Å². The molecule has 1 fully saturated rings. The normalized spacial score (nSPS) is 19.0. The summed E-state index contributed by atoms with van der Waals surface area (Å²) in [5.74, 6) is 1.94. The highest BCUT2D eigenvalue weighted by Crippen LogP contribution is 2.10. The lowest BCUT2D eigenvalue weighted by molar-refractivity contribution is -0.119. The maximum Gasteiger partial charge on any atom is 0.230 e. The Morgan fingerprint density at radius 3 is 3.13 bits per heavy atom. The molecule has 128 valence electrons. The Kier molecular flexibility index (Phi) is 7.85. The number of rotatable bonds is 8. The molecule has 0 saturated carbocycles. The summed E-state index contributed by atoms with van der Waals surface area (Å²) in [5.41, 5.74) is 1.00. The molecular formula is C17H27N3O2S. The molecule has 1 aromatic rings. The summed E-state index contributed by atoms with van der Waals surface area (Å²) in [6.45, 7) is 8.78. The molecule has 23 heavy (non-hydrogen) atoms. The van der Waals surface area contributed by atoms with Crippen LogP contribution in [0, 0.1) is 5.92 Å². The molecule has 1 aliphatic heterocycles. The number of nitrogens with one attached hydrogen (secondary N) is 1. The van der Waals surface area contributed by atoms with Gasteiger partial charge in [0.2, 0.25) is 5.91 Å². The molecule has 2 rings (SSSR count). The largest absolute Gasteiger partial charge is 0.374 e. The fourth-order valence-corrected chi connectivity index (χ4v) is 3.37. The monoisotopic (exact) mass is 337 g/mol. The van der Waals surface area contributed by atoms with Crippen molar-refractivity contribution >= 4 is 17.7 Å². The van der Waals surface area contributed by atoms with Crippen molar-refractivity contribution in [1.82, 2.24) is 15.2 Å². The van der Waals surface area contributed by atoms with Crippen molar-refractivity contribution in [1.29, 1.82) is 0 Å². The van der Waals surface area contributed by atoms with Gasteiger partial charge in [-0.1, -0.05) is 19.9 Å². The van der Waals surface area contributed by atoms with Crippen LogP contribution in [0.1, 0.15) is 19.5 Å². The van der Waals surface area contributed by atoms with Crippen LogP contribution in [0.2, 0.25) is 0 Å². The van der Waals surface area contributed by atoms with E-state index in [9.17, 15) is 4.79 Å². The number of pyridine rings is 1. The van der Waals surface area contributed by atoms with Crippen LogP contribution in [-0.4, -0.2) is 60.4 Å². The van der Waals surface area contributed by atoms with Gasteiger partial charge in [0.05, 0.1) is 24.2 Å². The second-order valence-corrected chi connectivity index (χ2v) is 7.25. The first-order valence-corrected chi connectivity index (χ1v) is 9.37. The number of hydrogen-bond donors (Lipinski definition) is 1. The number of thioether (sulfide) groups is 1. The summed E-state index contributed by atoms with van der Waals surface area (Å²) in [5, 5.41) is 2.98. The number of carbonyl (C=O) groups is 1. The minimum absolute atomic E-state index is 0.0653. The molecule has 0 radical (unpaired) electrons. The average Bonchev–Trinajstić information content (AvgIpc) is 2.54. The van der Waals surface area contributed by atoms with Crippen LogP contribution in [0.4, 0.5) is 0 Å². The second-order valence-electron chi connectivity index (χ2n) is 6.26. The van der Waals surface area contributed by atoms with Crippen LogP contribution in [-0.2, 0) is 15.3 Å². The van der Waals surface area contributed by atoms with E-state index in [1.807, 2.05) is 18.2 Å². The topological polar surface area (TPSA) is 54.5 Å². The van der Waals surface area contributed by atoms with E-state index in [0.717, 1.165) is 37.7 Å². The quantitative estimate of drug-likeness (QED) is 0.784. The van der Waals surface area contributed by atoms with E-state index in [2.05, 4.69) is 29.0 Å². The van der Waals surface area contributed by atoms with E-state index >= 15 is 0 Å². The summed E-state index contributed by atoms with van der Waals surface area (Å²) in [6.07, 6.45) is 1.88. The lowest BCUT2D eigenvalue weighted by Gasteiger charge is -2.33. The molecule has 1 N–H and O–H groups in total. The summed E-state index contributed by atoms with van der Waals surface area (Å²) < 4.78 is 5.74. The van der Waals surface area contributed by atoms with Crippen LogP contribution in [0.25, 0.3) is 0 Å². The lowest BCUT2D eigenvalue weighted by Crippen LogP contribution is -2.48. The Morgan fingerprint density at radius 2 is 2.39 bits per heavy atom. The van der Waals surface area contributed by atoms with Crippen molar-refractivity contribution in [2.75, 3.05) is 38.5 Å². The molecule has 0 bridgehead atoms. The zero-order valence-corrected chi connectivity index (χ0v) is 14.8. The molecule has 1 unspecified atom stereocenters. The maximum absolute atomic E-state index is 11.9. The first-order valence-electron chi connectivity index (χ1n) is 8.22. The molecule has 6 heteroatoms. The Hall–Kier alpha value is -1.11. The van der Waals surface area contributed by atoms with E-state index in [1.165, 1.54) is 0 Å². The van der Waals surface area contributed by atoms with Crippen molar-refractivity contribution in [2.45, 2.75) is 25.7 Å². The fraction of sp³-hybridized carbons (Fsp3) is 0.647. The van der Waals surface area contributed by atoms with Crippen LogP contribution in [0.5, 0.6) is 0 Å². The Balaban J connectivity index is 1.60. The highest BCUT2D eigenvalue weighted by atomic mass is 32.2. The first kappa shape index (κ1) is 18.2. The molecular weight excluding hydrogens is 310 g/mol. The number of nitrogens with zero attached hydrogens (tertiary/aromatic N) is 2. The summed E-state index contributed by atoms with van der Waals surface area (Å²) >= 11 is 1.58. The van der Waals surface area contributed by atoms with E-state index in [-0.39, 0.29) is 12.0 Å². The molecule has 2 heterocycles. The summed E-state index contributed by atoms with van der Waals surface area (Å²) in [7, 11) is 0. The summed E-state index contributed by atoms with van der Waals surface area (Å²) in [6, 6.07) is 5.84. The van der Waals surface area contributed by atoms with Gasteiger partial charge in [-0.15, -0.1) is 11.8 Å². The standard InChI is InChI=1S/C17H27N3O2S/c1-14(2)10-20-7-8-22-16(11-20)9-19-17(21)13-23-12-15-5-3-4-6-18-15/h3-6,14,16H,7-13H2,1-2H3,(H,19,21). The number of amides is 1. The highest BCUT2D eigenvalue weighted by molar-refractivity contribution is 7.99. The molecule has 1 aromatic heterocycles. The van der Waals surface area contributed by atoms with Gasteiger partial charge in [-0.3, -0.25) is 14.7 Å². The Morgan fingerprint density at radius 1 is 1.52 bits per heavy atom. The van der Waals surface area contributed by atoms with Gasteiger partial charge >= 0.3 is 0 Å². The maximum atomic E-state index is 11.9. The highest BCUT2D eigenvalue weighted by Gasteiger charge is 2.21. The number of morpholine rings is 1. The van der Waals surface area contributed by atoms with Crippen molar-refractivity contribution in [3.63, 3.8) is 0 Å². The van der Waals surface area contributed by atoms with E-state index < -0.39 is 0 Å². The predicted molar refractivity (Wildman–Crippen MR) is 94.4 cm³/mol. The fourth-order valence-electron chi connectivity index (χ4n) is 2.60. The third kappa shape index (κ3) is 7.33. The van der Waals surface area contributed by atoms with E-state index in [1.54, 1.807) is 18.0 Å². The molecule has 5 nitrogen and oxygen atoms in total. The zero-order chi connectivity index (χ0) is 16.5. The number of aromatic nitrogens is 1. The molecule has 1 saturated heterocycles. The molecule has 1 aliphatic rings. The SMILES string of the molecule is CC(C)CN1CCOC(CNC(=O)CSCc2ccccn2)C1. The van der Waals surface area contributed by atoms with E-state index in [4.69, 9.17) is 4.74 Å². The van der Waals surface area contributed by atoms with Crippen molar-refractivity contribution in [2.24, 2.45) is 5.92 Å². The average molecular weight is 337 g/mol. The van der Waals surface area contributed by atoms with Gasteiger partial charge in [0, 0.05) is 38.1 Å². The summed E-state index contributed by atoms with van der Waals surface area (Å²) in [4.78, 5) is 18.6. The van der Waals surface area contributed by atoms with Gasteiger partial charge in [-0.05, 0) is 18.1 Å². The first-order chi connectivity index (χ1) is 11.1. The van der Waals surface area contributed by atoms with Gasteiger partial charge < -0.3 is 10.1 Å². The Labute approximate surface area is 143 Å². The Bertz CT molecular complexity index is 470. The number of hydrogen-bond acceptors (Lipinski definition) is 5. The second kappa shape index (κ2) is 9.90. The number of carbonyl (C=O) groups excluding carboxylic acids is 1. The van der Waals surface area contributed by atoms with E-state index in [0.29, 0.717) is 18.2 Å².